The summed E-state index contributed by atoms with van der Waals surface area (Å²) in [6.07, 6.45) is 2.11. The maximum Gasteiger partial charge on any atom is 0.352 e. The first-order chi connectivity index (χ1) is 7.87. The van der Waals surface area contributed by atoms with E-state index in [-0.39, 0.29) is 17.2 Å². The van der Waals surface area contributed by atoms with Crippen LogP contribution in [0.3, 0.4) is 0 Å². The topological polar surface area (TPSA) is 76.4 Å². The Hall–Kier alpha value is -1.30. The third-order valence-electron chi connectivity index (χ3n) is 2.66. The van der Waals surface area contributed by atoms with Crippen LogP contribution >= 0.6 is 0 Å². The lowest BCUT2D eigenvalue weighted by Crippen LogP contribution is -2.14. The number of aryl methyl sites for hydroxylation is 2. The van der Waals surface area contributed by atoms with Gasteiger partial charge in [0.2, 0.25) is 0 Å². The third kappa shape index (κ3) is 3.59. The summed E-state index contributed by atoms with van der Waals surface area (Å²) < 4.78 is 24.2. The minimum atomic E-state index is -2.98. The van der Waals surface area contributed by atoms with Crippen LogP contribution in [0.5, 0.6) is 0 Å². The van der Waals surface area contributed by atoms with Crippen LogP contribution in [-0.4, -0.2) is 35.6 Å². The number of nitrogens with zero attached hydrogens (tertiary/aromatic N) is 1. The zero-order valence-corrected chi connectivity index (χ0v) is 10.8. The second kappa shape index (κ2) is 5.35. The Morgan fingerprint density at radius 3 is 2.65 bits per heavy atom. The highest BCUT2D eigenvalue weighted by Gasteiger charge is 2.14. The van der Waals surface area contributed by atoms with Crippen LogP contribution in [0.15, 0.2) is 12.3 Å². The highest BCUT2D eigenvalue weighted by molar-refractivity contribution is 7.91. The number of hydrogen-bond acceptors (Lipinski definition) is 3. The molecule has 0 saturated carbocycles. The average molecular weight is 259 g/mol. The number of rotatable bonds is 6. The second-order valence-electron chi connectivity index (χ2n) is 3.94. The van der Waals surface area contributed by atoms with Crippen molar-refractivity contribution < 1.29 is 18.3 Å². The van der Waals surface area contributed by atoms with Gasteiger partial charge < -0.3 is 9.67 Å². The van der Waals surface area contributed by atoms with Gasteiger partial charge in [0.15, 0.2) is 0 Å². The molecule has 0 atom stereocenters. The van der Waals surface area contributed by atoms with Crippen molar-refractivity contribution >= 4 is 15.8 Å². The summed E-state index contributed by atoms with van der Waals surface area (Å²) in [4.78, 5) is 11.0. The Kier molecular flexibility index (Phi) is 4.34. The minimum Gasteiger partial charge on any atom is -0.477 e. The number of aromatic carboxylic acids is 1. The molecule has 96 valence electrons. The summed E-state index contributed by atoms with van der Waals surface area (Å²) in [5.41, 5.74) is 0.926. The van der Waals surface area contributed by atoms with Crippen molar-refractivity contribution in [3.05, 3.63) is 23.5 Å². The molecule has 0 amide bonds. The molecule has 0 bridgehead atoms. The van der Waals surface area contributed by atoms with E-state index in [0.29, 0.717) is 18.5 Å². The maximum absolute atomic E-state index is 11.3. The Labute approximate surface area is 101 Å². The Morgan fingerprint density at radius 1 is 1.47 bits per heavy atom. The standard InChI is InChI=1S/C11H17NO4S/c1-3-17(15,16)8-4-6-12-7-5-9(2)10(12)11(13)14/h5,7H,3-4,6,8H2,1-2H3,(H,13,14). The average Bonchev–Trinajstić information content (AvgIpc) is 2.59. The van der Waals surface area contributed by atoms with Gasteiger partial charge >= 0.3 is 5.97 Å². The molecule has 1 rings (SSSR count). The van der Waals surface area contributed by atoms with Gasteiger partial charge in [-0.05, 0) is 25.0 Å². The molecule has 1 heterocycles. The number of hydrogen-bond donors (Lipinski definition) is 1. The van der Waals surface area contributed by atoms with E-state index in [0.717, 1.165) is 0 Å². The zero-order chi connectivity index (χ0) is 13.1. The summed E-state index contributed by atoms with van der Waals surface area (Å²) >= 11 is 0. The smallest absolute Gasteiger partial charge is 0.352 e. The van der Waals surface area contributed by atoms with Gasteiger partial charge in [0.25, 0.3) is 0 Å². The van der Waals surface area contributed by atoms with E-state index < -0.39 is 15.8 Å². The highest BCUT2D eigenvalue weighted by atomic mass is 32.2. The monoisotopic (exact) mass is 259 g/mol. The van der Waals surface area contributed by atoms with Crippen LogP contribution in [0.25, 0.3) is 0 Å². The zero-order valence-electron chi connectivity index (χ0n) is 10.0. The fourth-order valence-corrected chi connectivity index (χ4v) is 2.52. The molecule has 1 N–H and O–H groups in total. The summed E-state index contributed by atoms with van der Waals surface area (Å²) in [5, 5.41) is 9.00. The van der Waals surface area contributed by atoms with Crippen molar-refractivity contribution in [2.75, 3.05) is 11.5 Å². The number of carboxylic acid groups (broad SMARTS) is 1. The number of aromatic nitrogens is 1. The molecule has 0 aliphatic heterocycles. The van der Waals surface area contributed by atoms with E-state index >= 15 is 0 Å². The summed E-state index contributed by atoms with van der Waals surface area (Å²) in [6, 6.07) is 1.72. The highest BCUT2D eigenvalue weighted by Crippen LogP contribution is 2.11. The van der Waals surface area contributed by atoms with E-state index in [9.17, 15) is 13.2 Å². The lowest BCUT2D eigenvalue weighted by molar-refractivity contribution is 0.0684. The van der Waals surface area contributed by atoms with Crippen LogP contribution in [0.2, 0.25) is 0 Å². The molecule has 0 aliphatic rings. The fourth-order valence-electron chi connectivity index (χ4n) is 1.66. The quantitative estimate of drug-likeness (QED) is 0.836. The molecule has 0 fully saturated rings. The van der Waals surface area contributed by atoms with Gasteiger partial charge in [-0.3, -0.25) is 0 Å². The van der Waals surface area contributed by atoms with Gasteiger partial charge in [-0.1, -0.05) is 6.92 Å². The van der Waals surface area contributed by atoms with Crippen LogP contribution in [0.4, 0.5) is 0 Å². The number of sulfone groups is 1. The van der Waals surface area contributed by atoms with Crippen LogP contribution in [0, 0.1) is 6.92 Å². The molecule has 17 heavy (non-hydrogen) atoms. The molecule has 0 radical (unpaired) electrons. The van der Waals surface area contributed by atoms with E-state index in [4.69, 9.17) is 5.11 Å². The first-order valence-corrected chi connectivity index (χ1v) is 7.29. The van der Waals surface area contributed by atoms with E-state index in [1.54, 1.807) is 30.7 Å². The normalized spacial score (nSPS) is 11.6. The molecule has 0 saturated heterocycles. The minimum absolute atomic E-state index is 0.0970. The number of carbonyl (C=O) groups is 1. The summed E-state index contributed by atoms with van der Waals surface area (Å²) in [7, 11) is -2.98. The van der Waals surface area contributed by atoms with Gasteiger partial charge in [0.1, 0.15) is 15.5 Å². The van der Waals surface area contributed by atoms with E-state index in [1.807, 2.05) is 0 Å². The number of carboxylic acids is 1. The Bertz CT molecular complexity index is 502. The van der Waals surface area contributed by atoms with Crippen molar-refractivity contribution in [3.63, 3.8) is 0 Å². The molecule has 0 unspecified atom stereocenters. The van der Waals surface area contributed by atoms with Crippen LogP contribution in [0.1, 0.15) is 29.4 Å². The molecule has 0 spiro atoms. The van der Waals surface area contributed by atoms with Crippen LogP contribution in [-0.2, 0) is 16.4 Å². The van der Waals surface area contributed by atoms with E-state index in [1.165, 1.54) is 0 Å². The van der Waals surface area contributed by atoms with E-state index in [2.05, 4.69) is 0 Å². The van der Waals surface area contributed by atoms with Crippen molar-refractivity contribution in [3.8, 4) is 0 Å². The van der Waals surface area contributed by atoms with Gasteiger partial charge in [-0.2, -0.15) is 0 Å². The molecular weight excluding hydrogens is 242 g/mol. The molecule has 0 aliphatic carbocycles. The lowest BCUT2D eigenvalue weighted by atomic mass is 10.3. The van der Waals surface area contributed by atoms with Crippen molar-refractivity contribution in [1.29, 1.82) is 0 Å². The first kappa shape index (κ1) is 13.8. The maximum atomic E-state index is 11.3. The molecule has 5 nitrogen and oxygen atoms in total. The molecule has 6 heteroatoms. The fraction of sp³-hybridized carbons (Fsp3) is 0.545. The predicted molar refractivity (Wildman–Crippen MR) is 65.1 cm³/mol. The Morgan fingerprint density at radius 2 is 2.12 bits per heavy atom. The van der Waals surface area contributed by atoms with Crippen molar-refractivity contribution in [2.45, 2.75) is 26.8 Å². The largest absolute Gasteiger partial charge is 0.477 e. The van der Waals surface area contributed by atoms with Gasteiger partial charge in [-0.25, -0.2) is 13.2 Å². The predicted octanol–water partition coefficient (Wildman–Crippen LogP) is 1.32. The van der Waals surface area contributed by atoms with Gasteiger partial charge in [0.05, 0.1) is 5.75 Å². The van der Waals surface area contributed by atoms with Crippen molar-refractivity contribution in [1.82, 2.24) is 4.57 Å². The Balaban J connectivity index is 2.68. The van der Waals surface area contributed by atoms with Gasteiger partial charge in [0, 0.05) is 18.5 Å². The van der Waals surface area contributed by atoms with Crippen molar-refractivity contribution in [2.24, 2.45) is 0 Å². The first-order valence-electron chi connectivity index (χ1n) is 5.47. The SMILES string of the molecule is CCS(=O)(=O)CCCn1ccc(C)c1C(=O)O. The van der Waals surface area contributed by atoms with Gasteiger partial charge in [-0.15, -0.1) is 0 Å². The summed E-state index contributed by atoms with van der Waals surface area (Å²) in [5.74, 6) is -0.755. The second-order valence-corrected chi connectivity index (χ2v) is 6.41. The van der Waals surface area contributed by atoms with Crippen LogP contribution < -0.4 is 0 Å². The third-order valence-corrected chi connectivity index (χ3v) is 4.45. The molecule has 1 aromatic rings. The summed E-state index contributed by atoms with van der Waals surface area (Å²) in [6.45, 7) is 3.75. The molecule has 0 aromatic carbocycles. The molecule has 1 aromatic heterocycles. The molecular formula is C11H17NO4S. The lowest BCUT2D eigenvalue weighted by Gasteiger charge is -2.06.